The zero-order valence-electron chi connectivity index (χ0n) is 10.2. The van der Waals surface area contributed by atoms with Gasteiger partial charge in [-0.05, 0) is 37.5 Å². The van der Waals surface area contributed by atoms with E-state index in [9.17, 15) is 4.79 Å². The van der Waals surface area contributed by atoms with Crippen molar-refractivity contribution in [3.05, 3.63) is 29.8 Å². The van der Waals surface area contributed by atoms with Crippen molar-refractivity contribution in [1.29, 1.82) is 10.5 Å². The van der Waals surface area contributed by atoms with Crippen LogP contribution in [0.4, 0.5) is 5.69 Å². The van der Waals surface area contributed by atoms with Gasteiger partial charge in [0.25, 0.3) is 0 Å². The maximum absolute atomic E-state index is 12.3. The SMILES string of the molecule is CN(C(=O)C1(C#N)CCC1)c1cccc(C#N)c1. The second-order valence-corrected chi connectivity index (χ2v) is 4.57. The largest absolute Gasteiger partial charge is 0.314 e. The first kappa shape index (κ1) is 12.1. The first-order valence-corrected chi connectivity index (χ1v) is 5.82. The van der Waals surface area contributed by atoms with Crippen LogP contribution < -0.4 is 4.90 Å². The number of anilines is 1. The van der Waals surface area contributed by atoms with E-state index >= 15 is 0 Å². The molecular formula is C14H13N3O. The molecule has 1 aromatic carbocycles. The molecule has 1 fully saturated rings. The molecule has 0 saturated heterocycles. The second kappa shape index (κ2) is 4.50. The summed E-state index contributed by atoms with van der Waals surface area (Å²) >= 11 is 0. The van der Waals surface area contributed by atoms with Gasteiger partial charge in [-0.15, -0.1) is 0 Å². The number of benzene rings is 1. The van der Waals surface area contributed by atoms with Gasteiger partial charge in [0.2, 0.25) is 5.91 Å². The fraction of sp³-hybridized carbons (Fsp3) is 0.357. The van der Waals surface area contributed by atoms with Gasteiger partial charge in [-0.3, -0.25) is 4.79 Å². The number of amides is 1. The van der Waals surface area contributed by atoms with E-state index < -0.39 is 5.41 Å². The van der Waals surface area contributed by atoms with Crippen molar-refractivity contribution in [3.8, 4) is 12.1 Å². The third kappa shape index (κ3) is 1.83. The third-order valence-corrected chi connectivity index (χ3v) is 3.50. The Morgan fingerprint density at radius 2 is 2.11 bits per heavy atom. The van der Waals surface area contributed by atoms with Crippen molar-refractivity contribution in [1.82, 2.24) is 0 Å². The van der Waals surface area contributed by atoms with Gasteiger partial charge in [0.15, 0.2) is 0 Å². The van der Waals surface area contributed by atoms with Gasteiger partial charge in [-0.1, -0.05) is 6.07 Å². The zero-order chi connectivity index (χ0) is 13.2. The average molecular weight is 239 g/mol. The topological polar surface area (TPSA) is 67.9 Å². The van der Waals surface area contributed by atoms with Crippen molar-refractivity contribution in [2.24, 2.45) is 5.41 Å². The third-order valence-electron chi connectivity index (χ3n) is 3.50. The number of hydrogen-bond donors (Lipinski definition) is 0. The highest BCUT2D eigenvalue weighted by Gasteiger charge is 2.46. The molecule has 1 aliphatic carbocycles. The van der Waals surface area contributed by atoms with E-state index in [1.54, 1.807) is 31.3 Å². The van der Waals surface area contributed by atoms with Crippen molar-refractivity contribution in [2.45, 2.75) is 19.3 Å². The van der Waals surface area contributed by atoms with Gasteiger partial charge in [0.1, 0.15) is 5.41 Å². The van der Waals surface area contributed by atoms with E-state index in [0.717, 1.165) is 6.42 Å². The first-order valence-electron chi connectivity index (χ1n) is 5.82. The summed E-state index contributed by atoms with van der Waals surface area (Å²) in [6.45, 7) is 0. The number of carbonyl (C=O) groups is 1. The van der Waals surface area contributed by atoms with E-state index in [4.69, 9.17) is 10.5 Å². The quantitative estimate of drug-likeness (QED) is 0.794. The van der Waals surface area contributed by atoms with E-state index in [0.29, 0.717) is 24.1 Å². The molecule has 4 nitrogen and oxygen atoms in total. The standard InChI is InChI=1S/C14H13N3O/c1-17(12-5-2-4-11(8-12)9-15)13(18)14(10-16)6-3-7-14/h2,4-5,8H,3,6-7H2,1H3. The molecule has 0 unspecified atom stereocenters. The molecule has 0 heterocycles. The fourth-order valence-corrected chi connectivity index (χ4v) is 2.13. The van der Waals surface area contributed by atoms with Gasteiger partial charge in [0.05, 0.1) is 17.7 Å². The predicted molar refractivity (Wildman–Crippen MR) is 66.5 cm³/mol. The van der Waals surface area contributed by atoms with Crippen LogP contribution in [-0.4, -0.2) is 13.0 Å². The normalized spacial score (nSPS) is 15.9. The summed E-state index contributed by atoms with van der Waals surface area (Å²) in [7, 11) is 1.65. The number of hydrogen-bond acceptors (Lipinski definition) is 3. The molecule has 0 radical (unpaired) electrons. The minimum Gasteiger partial charge on any atom is -0.314 e. The van der Waals surface area contributed by atoms with E-state index in [-0.39, 0.29) is 5.91 Å². The molecule has 0 bridgehead atoms. The molecule has 1 aliphatic rings. The molecule has 0 aromatic heterocycles. The molecule has 1 saturated carbocycles. The summed E-state index contributed by atoms with van der Waals surface area (Å²) < 4.78 is 0. The van der Waals surface area contributed by atoms with Gasteiger partial charge < -0.3 is 4.90 Å². The zero-order valence-corrected chi connectivity index (χ0v) is 10.2. The van der Waals surface area contributed by atoms with Crippen LogP contribution in [0.3, 0.4) is 0 Å². The summed E-state index contributed by atoms with van der Waals surface area (Å²) in [5, 5.41) is 18.0. The Kier molecular flexibility index (Phi) is 3.04. The molecule has 0 atom stereocenters. The van der Waals surface area contributed by atoms with Gasteiger partial charge in [0, 0.05) is 12.7 Å². The van der Waals surface area contributed by atoms with Crippen LogP contribution >= 0.6 is 0 Å². The molecule has 0 aliphatic heterocycles. The minimum absolute atomic E-state index is 0.175. The number of rotatable bonds is 2. The van der Waals surface area contributed by atoms with Gasteiger partial charge in [-0.2, -0.15) is 10.5 Å². The van der Waals surface area contributed by atoms with Crippen molar-refractivity contribution in [2.75, 3.05) is 11.9 Å². The van der Waals surface area contributed by atoms with Crippen LogP contribution in [0, 0.1) is 28.1 Å². The van der Waals surface area contributed by atoms with Crippen LogP contribution in [0.2, 0.25) is 0 Å². The Bertz CT molecular complexity index is 561. The molecule has 18 heavy (non-hydrogen) atoms. The summed E-state index contributed by atoms with van der Waals surface area (Å²) in [4.78, 5) is 13.8. The van der Waals surface area contributed by atoms with E-state index in [1.807, 2.05) is 6.07 Å². The van der Waals surface area contributed by atoms with Crippen molar-refractivity contribution < 1.29 is 4.79 Å². The number of nitriles is 2. The molecule has 0 N–H and O–H groups in total. The number of nitrogens with zero attached hydrogens (tertiary/aromatic N) is 3. The summed E-state index contributed by atoms with van der Waals surface area (Å²) in [6.07, 6.45) is 2.18. The average Bonchev–Trinajstić information content (AvgIpc) is 2.37. The predicted octanol–water partition coefficient (Wildman–Crippen LogP) is 2.21. The van der Waals surface area contributed by atoms with E-state index in [2.05, 4.69) is 6.07 Å². The van der Waals surface area contributed by atoms with Crippen molar-refractivity contribution >= 4 is 11.6 Å². The lowest BCUT2D eigenvalue weighted by Gasteiger charge is -2.36. The molecule has 1 amide bonds. The summed E-state index contributed by atoms with van der Waals surface area (Å²) in [5.74, 6) is -0.175. The highest BCUT2D eigenvalue weighted by molar-refractivity contribution is 5.99. The molecular weight excluding hydrogens is 226 g/mol. The molecule has 90 valence electrons. The van der Waals surface area contributed by atoms with Crippen molar-refractivity contribution in [3.63, 3.8) is 0 Å². The number of carbonyl (C=O) groups excluding carboxylic acids is 1. The monoisotopic (exact) mass is 239 g/mol. The maximum Gasteiger partial charge on any atom is 0.247 e. The summed E-state index contributed by atoms with van der Waals surface area (Å²) in [6, 6.07) is 11.0. The van der Waals surface area contributed by atoms with Gasteiger partial charge >= 0.3 is 0 Å². The smallest absolute Gasteiger partial charge is 0.247 e. The minimum atomic E-state index is -0.850. The van der Waals surface area contributed by atoms with E-state index in [1.165, 1.54) is 4.90 Å². The molecule has 0 spiro atoms. The second-order valence-electron chi connectivity index (χ2n) is 4.57. The van der Waals surface area contributed by atoms with Crippen LogP contribution in [0.1, 0.15) is 24.8 Å². The molecule has 1 aromatic rings. The van der Waals surface area contributed by atoms with Crippen LogP contribution in [0.25, 0.3) is 0 Å². The Hall–Kier alpha value is -2.33. The van der Waals surface area contributed by atoms with Crippen LogP contribution in [-0.2, 0) is 4.79 Å². The van der Waals surface area contributed by atoms with Crippen LogP contribution in [0.15, 0.2) is 24.3 Å². The van der Waals surface area contributed by atoms with Crippen LogP contribution in [0.5, 0.6) is 0 Å². The molecule has 4 heteroatoms. The molecule has 2 rings (SSSR count). The summed E-state index contributed by atoms with van der Waals surface area (Å²) in [5.41, 5.74) is 0.310. The lowest BCUT2D eigenvalue weighted by Crippen LogP contribution is -2.45. The highest BCUT2D eigenvalue weighted by atomic mass is 16.2. The lowest BCUT2D eigenvalue weighted by molar-refractivity contribution is -0.128. The van der Waals surface area contributed by atoms with Gasteiger partial charge in [-0.25, -0.2) is 0 Å². The lowest BCUT2D eigenvalue weighted by atomic mass is 9.69. The Morgan fingerprint density at radius 3 is 2.61 bits per heavy atom. The first-order chi connectivity index (χ1) is 8.63. The Morgan fingerprint density at radius 1 is 1.39 bits per heavy atom. The maximum atomic E-state index is 12.3. The Labute approximate surface area is 106 Å². The Balaban J connectivity index is 2.26. The highest BCUT2D eigenvalue weighted by Crippen LogP contribution is 2.42. The fourth-order valence-electron chi connectivity index (χ4n) is 2.13.